The molecule has 0 fully saturated rings. The maximum atomic E-state index is 12.8. The van der Waals surface area contributed by atoms with Crippen molar-refractivity contribution in [2.24, 2.45) is 0 Å². The van der Waals surface area contributed by atoms with Gasteiger partial charge in [-0.3, -0.25) is 9.59 Å². The van der Waals surface area contributed by atoms with Gasteiger partial charge in [-0.05, 0) is 22.0 Å². The molecule has 0 bridgehead atoms. The van der Waals surface area contributed by atoms with Crippen molar-refractivity contribution in [3.63, 3.8) is 0 Å². The van der Waals surface area contributed by atoms with Gasteiger partial charge in [-0.2, -0.15) is 0 Å². The van der Waals surface area contributed by atoms with E-state index in [-0.39, 0.29) is 28.8 Å². The molecule has 132 valence electrons. The van der Waals surface area contributed by atoms with Crippen molar-refractivity contribution in [1.82, 2.24) is 0 Å². The summed E-state index contributed by atoms with van der Waals surface area (Å²) in [5.74, 6) is -0.224. The van der Waals surface area contributed by atoms with Crippen molar-refractivity contribution in [2.45, 2.75) is 58.8 Å². The van der Waals surface area contributed by atoms with Crippen LogP contribution in [0.2, 0.25) is 0 Å². The normalized spacial score (nSPS) is 12.1. The predicted octanol–water partition coefficient (Wildman–Crippen LogP) is 5.74. The van der Waals surface area contributed by atoms with Crippen LogP contribution in [0.1, 0.15) is 79.8 Å². The molecule has 2 rings (SSSR count). The van der Waals surface area contributed by atoms with Gasteiger partial charge in [-0.1, -0.05) is 90.1 Å². The summed E-state index contributed by atoms with van der Waals surface area (Å²) in [6.07, 6.45) is -0.0970. The molecule has 0 aliphatic carbocycles. The standard InChI is InChI=1S/C23H28O2/c1-22(2,3)18-13-9-7-11-16(18)20(24)15-21(25)17-12-8-10-14-19(17)23(4,5)6/h7-14H,15H2,1-6H3. The summed E-state index contributed by atoms with van der Waals surface area (Å²) in [7, 11) is 0. The van der Waals surface area contributed by atoms with Gasteiger partial charge < -0.3 is 0 Å². The van der Waals surface area contributed by atoms with Crippen molar-refractivity contribution < 1.29 is 9.59 Å². The lowest BCUT2D eigenvalue weighted by atomic mass is 9.80. The van der Waals surface area contributed by atoms with Gasteiger partial charge in [-0.15, -0.1) is 0 Å². The summed E-state index contributed by atoms with van der Waals surface area (Å²) >= 11 is 0. The maximum absolute atomic E-state index is 12.8. The lowest BCUT2D eigenvalue weighted by Gasteiger charge is -2.23. The molecule has 0 saturated heterocycles. The average molecular weight is 336 g/mol. The molecule has 0 aliphatic heterocycles. The van der Waals surface area contributed by atoms with E-state index < -0.39 is 0 Å². The Morgan fingerprint density at radius 3 is 1.28 bits per heavy atom. The van der Waals surface area contributed by atoms with Crippen LogP contribution in [0.3, 0.4) is 0 Å². The molecule has 0 N–H and O–H groups in total. The summed E-state index contributed by atoms with van der Waals surface area (Å²) in [5, 5.41) is 0. The maximum Gasteiger partial charge on any atom is 0.170 e. The van der Waals surface area contributed by atoms with Crippen LogP contribution in [-0.2, 0) is 10.8 Å². The lowest BCUT2D eigenvalue weighted by molar-refractivity contribution is 0.0891. The highest BCUT2D eigenvalue weighted by atomic mass is 16.1. The Morgan fingerprint density at radius 1 is 0.640 bits per heavy atom. The van der Waals surface area contributed by atoms with E-state index in [0.29, 0.717) is 11.1 Å². The summed E-state index contributed by atoms with van der Waals surface area (Å²) in [6.45, 7) is 12.5. The summed E-state index contributed by atoms with van der Waals surface area (Å²) in [5.41, 5.74) is 2.99. The molecule has 0 atom stereocenters. The van der Waals surface area contributed by atoms with Gasteiger partial charge in [-0.25, -0.2) is 0 Å². The summed E-state index contributed by atoms with van der Waals surface area (Å²) < 4.78 is 0. The molecule has 0 saturated carbocycles. The Hall–Kier alpha value is -2.22. The SMILES string of the molecule is CC(C)(C)c1ccccc1C(=O)CC(=O)c1ccccc1C(C)(C)C. The lowest BCUT2D eigenvalue weighted by Crippen LogP contribution is -2.20. The molecule has 0 unspecified atom stereocenters. The van der Waals surface area contributed by atoms with E-state index in [9.17, 15) is 9.59 Å². The number of rotatable bonds is 4. The number of hydrogen-bond donors (Lipinski definition) is 0. The van der Waals surface area contributed by atoms with Crippen molar-refractivity contribution in [1.29, 1.82) is 0 Å². The number of carbonyl (C=O) groups is 2. The first-order valence-electron chi connectivity index (χ1n) is 8.77. The summed E-state index contributed by atoms with van der Waals surface area (Å²) in [4.78, 5) is 25.7. The van der Waals surface area contributed by atoms with Gasteiger partial charge in [0.1, 0.15) is 0 Å². The zero-order valence-electron chi connectivity index (χ0n) is 16.1. The van der Waals surface area contributed by atoms with Crippen LogP contribution in [0.5, 0.6) is 0 Å². The second-order valence-corrected chi connectivity index (χ2v) is 8.61. The first kappa shape index (κ1) is 19.1. The fourth-order valence-corrected chi connectivity index (χ4v) is 3.10. The number of benzene rings is 2. The second kappa shape index (κ2) is 6.95. The van der Waals surface area contributed by atoms with Crippen molar-refractivity contribution >= 4 is 11.6 Å². The highest BCUT2D eigenvalue weighted by Crippen LogP contribution is 2.29. The topological polar surface area (TPSA) is 34.1 Å². The Bertz CT molecular complexity index is 719. The van der Waals surface area contributed by atoms with Gasteiger partial charge in [0.25, 0.3) is 0 Å². The second-order valence-electron chi connectivity index (χ2n) is 8.61. The summed E-state index contributed by atoms with van der Waals surface area (Å²) in [6, 6.07) is 15.2. The zero-order valence-corrected chi connectivity index (χ0v) is 16.1. The third kappa shape index (κ3) is 4.45. The van der Waals surface area contributed by atoms with Crippen LogP contribution in [0.25, 0.3) is 0 Å². The Labute approximate surface area is 151 Å². The molecule has 25 heavy (non-hydrogen) atoms. The van der Waals surface area contributed by atoms with Gasteiger partial charge in [0.05, 0.1) is 6.42 Å². The Balaban J connectivity index is 2.34. The van der Waals surface area contributed by atoms with Gasteiger partial charge in [0, 0.05) is 11.1 Å². The molecule has 2 aromatic carbocycles. The number of hydrogen-bond acceptors (Lipinski definition) is 2. The van der Waals surface area contributed by atoms with Crippen molar-refractivity contribution in [3.05, 3.63) is 70.8 Å². The van der Waals surface area contributed by atoms with E-state index in [1.165, 1.54) is 0 Å². The third-order valence-corrected chi connectivity index (χ3v) is 4.39. The van der Waals surface area contributed by atoms with E-state index in [1.807, 2.05) is 48.5 Å². The minimum Gasteiger partial charge on any atom is -0.294 e. The first-order chi connectivity index (χ1) is 11.5. The Kier molecular flexibility index (Phi) is 5.31. The molecule has 2 nitrogen and oxygen atoms in total. The quantitative estimate of drug-likeness (QED) is 0.527. The van der Waals surface area contributed by atoms with Gasteiger partial charge in [0.2, 0.25) is 0 Å². The molecule has 0 aliphatic rings. The fraction of sp³-hybridized carbons (Fsp3) is 0.391. The van der Waals surface area contributed by atoms with Crippen LogP contribution >= 0.6 is 0 Å². The monoisotopic (exact) mass is 336 g/mol. The van der Waals surface area contributed by atoms with Crippen molar-refractivity contribution in [3.8, 4) is 0 Å². The smallest absolute Gasteiger partial charge is 0.170 e. The van der Waals surface area contributed by atoms with E-state index >= 15 is 0 Å². The molecular formula is C23H28O2. The van der Waals surface area contributed by atoms with Gasteiger partial charge in [0.15, 0.2) is 11.6 Å². The predicted molar refractivity (Wildman–Crippen MR) is 104 cm³/mol. The van der Waals surface area contributed by atoms with Gasteiger partial charge >= 0.3 is 0 Å². The van der Waals surface area contributed by atoms with Crippen LogP contribution in [0, 0.1) is 0 Å². The highest BCUT2D eigenvalue weighted by Gasteiger charge is 2.25. The van der Waals surface area contributed by atoms with E-state index in [2.05, 4.69) is 41.5 Å². The molecule has 0 radical (unpaired) electrons. The number of Topliss-reactive ketones (excluding diaryl/α,β-unsaturated/α-hetero) is 2. The van der Waals surface area contributed by atoms with Crippen molar-refractivity contribution in [2.75, 3.05) is 0 Å². The average Bonchev–Trinajstić information content (AvgIpc) is 2.53. The van der Waals surface area contributed by atoms with Crippen LogP contribution in [0.15, 0.2) is 48.5 Å². The minimum atomic E-state index is -0.140. The number of ketones is 2. The number of carbonyl (C=O) groups excluding carboxylic acids is 2. The minimum absolute atomic E-state index is 0.0970. The Morgan fingerprint density at radius 2 is 0.960 bits per heavy atom. The van der Waals surface area contributed by atoms with E-state index in [4.69, 9.17) is 0 Å². The molecule has 0 amide bonds. The van der Waals surface area contributed by atoms with E-state index in [0.717, 1.165) is 11.1 Å². The molecule has 0 spiro atoms. The molecule has 2 aromatic rings. The van der Waals surface area contributed by atoms with Crippen LogP contribution < -0.4 is 0 Å². The third-order valence-electron chi connectivity index (χ3n) is 4.39. The van der Waals surface area contributed by atoms with Crippen LogP contribution in [0.4, 0.5) is 0 Å². The molecule has 0 heterocycles. The highest BCUT2D eigenvalue weighted by molar-refractivity contribution is 6.14. The fourth-order valence-electron chi connectivity index (χ4n) is 3.10. The van der Waals surface area contributed by atoms with Crippen LogP contribution in [-0.4, -0.2) is 11.6 Å². The molecular weight excluding hydrogens is 308 g/mol. The molecule has 0 aromatic heterocycles. The largest absolute Gasteiger partial charge is 0.294 e. The van der Waals surface area contributed by atoms with E-state index in [1.54, 1.807) is 0 Å². The zero-order chi connectivity index (χ0) is 18.8. The molecule has 2 heteroatoms. The first-order valence-corrected chi connectivity index (χ1v) is 8.77.